The highest BCUT2D eigenvalue weighted by Crippen LogP contribution is 2.40. The van der Waals surface area contributed by atoms with Gasteiger partial charge in [-0.3, -0.25) is 19.7 Å². The number of hydrogen-bond acceptors (Lipinski definition) is 5. The van der Waals surface area contributed by atoms with Gasteiger partial charge < -0.3 is 9.72 Å². The number of para-hydroxylation sites is 1. The molecule has 1 aliphatic heterocycles. The molecule has 1 atom stereocenters. The zero-order valence-electron chi connectivity index (χ0n) is 12.9. The number of aromatic nitrogens is 1. The lowest BCUT2D eigenvalue weighted by molar-refractivity contribution is -0.384. The monoisotopic (exact) mass is 336 g/mol. The van der Waals surface area contributed by atoms with E-state index in [0.717, 1.165) is 0 Å². The van der Waals surface area contributed by atoms with Crippen LogP contribution in [0.5, 0.6) is 5.75 Å². The topological polar surface area (TPSA) is 102 Å². The van der Waals surface area contributed by atoms with Crippen molar-refractivity contribution in [3.63, 3.8) is 0 Å². The minimum absolute atomic E-state index is 0.0460. The molecular formula is C18H12N2O5. The number of ether oxygens (including phenoxy) is 1. The van der Waals surface area contributed by atoms with Gasteiger partial charge in [0, 0.05) is 23.4 Å². The van der Waals surface area contributed by atoms with Crippen LogP contribution < -0.4 is 10.3 Å². The van der Waals surface area contributed by atoms with E-state index in [1.807, 2.05) is 0 Å². The first-order chi connectivity index (χ1) is 12.0. The molecule has 7 nitrogen and oxygen atoms in total. The molecule has 0 saturated carbocycles. The van der Waals surface area contributed by atoms with Crippen LogP contribution in [-0.4, -0.2) is 15.9 Å². The van der Waals surface area contributed by atoms with Crippen molar-refractivity contribution in [2.45, 2.75) is 12.3 Å². The maximum absolute atomic E-state index is 12.6. The average Bonchev–Trinajstić information content (AvgIpc) is 2.61. The first kappa shape index (κ1) is 15.1. The molecule has 1 aliphatic rings. The van der Waals surface area contributed by atoms with Crippen LogP contribution in [0.25, 0.3) is 10.9 Å². The van der Waals surface area contributed by atoms with Crippen molar-refractivity contribution in [3.8, 4) is 5.75 Å². The van der Waals surface area contributed by atoms with Crippen molar-refractivity contribution in [2.24, 2.45) is 0 Å². The van der Waals surface area contributed by atoms with Crippen LogP contribution in [0, 0.1) is 10.1 Å². The second-order valence-corrected chi connectivity index (χ2v) is 5.83. The lowest BCUT2D eigenvalue weighted by Gasteiger charge is -2.24. The number of benzene rings is 2. The lowest BCUT2D eigenvalue weighted by atomic mass is 9.86. The van der Waals surface area contributed by atoms with Crippen molar-refractivity contribution < 1.29 is 14.5 Å². The van der Waals surface area contributed by atoms with Crippen molar-refractivity contribution >= 4 is 22.6 Å². The highest BCUT2D eigenvalue weighted by atomic mass is 16.6. The Morgan fingerprint density at radius 3 is 2.72 bits per heavy atom. The summed E-state index contributed by atoms with van der Waals surface area (Å²) in [5.74, 6) is -0.837. The van der Waals surface area contributed by atoms with Gasteiger partial charge in [-0.2, -0.15) is 0 Å². The van der Waals surface area contributed by atoms with Gasteiger partial charge in [-0.25, -0.2) is 0 Å². The number of carbonyl (C=O) groups excluding carboxylic acids is 1. The van der Waals surface area contributed by atoms with E-state index in [9.17, 15) is 19.7 Å². The molecule has 124 valence electrons. The number of nitro benzene ring substituents is 1. The minimum Gasteiger partial charge on any atom is -0.425 e. The molecule has 1 aromatic heterocycles. The van der Waals surface area contributed by atoms with E-state index in [1.54, 1.807) is 36.4 Å². The number of aromatic amines is 1. The molecule has 0 aliphatic carbocycles. The van der Waals surface area contributed by atoms with E-state index in [2.05, 4.69) is 4.98 Å². The molecular weight excluding hydrogens is 324 g/mol. The molecule has 0 saturated heterocycles. The quantitative estimate of drug-likeness (QED) is 0.440. The summed E-state index contributed by atoms with van der Waals surface area (Å²) in [7, 11) is 0. The summed E-state index contributed by atoms with van der Waals surface area (Å²) < 4.78 is 5.36. The summed E-state index contributed by atoms with van der Waals surface area (Å²) in [6.45, 7) is 0. The number of nitrogens with zero attached hydrogens (tertiary/aromatic N) is 1. The van der Waals surface area contributed by atoms with E-state index >= 15 is 0 Å². The molecule has 2 aromatic carbocycles. The van der Waals surface area contributed by atoms with E-state index in [-0.39, 0.29) is 23.4 Å². The Kier molecular flexibility index (Phi) is 3.35. The van der Waals surface area contributed by atoms with Gasteiger partial charge >= 0.3 is 5.97 Å². The Bertz CT molecular complexity index is 1090. The zero-order valence-corrected chi connectivity index (χ0v) is 12.9. The predicted octanol–water partition coefficient (Wildman–Crippen LogP) is 2.88. The Morgan fingerprint density at radius 1 is 1.12 bits per heavy atom. The summed E-state index contributed by atoms with van der Waals surface area (Å²) in [6.07, 6.45) is -0.0460. The molecule has 1 N–H and O–H groups in total. The van der Waals surface area contributed by atoms with Gasteiger partial charge in [-0.1, -0.05) is 24.3 Å². The van der Waals surface area contributed by atoms with Gasteiger partial charge in [0.2, 0.25) is 0 Å². The maximum atomic E-state index is 12.6. The van der Waals surface area contributed by atoms with Crippen LogP contribution in [0.1, 0.15) is 23.5 Å². The maximum Gasteiger partial charge on any atom is 0.312 e. The highest BCUT2D eigenvalue weighted by Gasteiger charge is 2.33. The summed E-state index contributed by atoms with van der Waals surface area (Å²) in [5.41, 5.74) is 0.971. The normalized spacial score (nSPS) is 16.3. The van der Waals surface area contributed by atoms with Gasteiger partial charge in [-0.05, 0) is 17.7 Å². The van der Waals surface area contributed by atoms with Crippen LogP contribution in [0.15, 0.2) is 53.3 Å². The highest BCUT2D eigenvalue weighted by molar-refractivity contribution is 5.91. The van der Waals surface area contributed by atoms with Gasteiger partial charge in [-0.15, -0.1) is 0 Å². The largest absolute Gasteiger partial charge is 0.425 e. The second kappa shape index (κ2) is 5.55. The van der Waals surface area contributed by atoms with Gasteiger partial charge in [0.25, 0.3) is 11.2 Å². The lowest BCUT2D eigenvalue weighted by Crippen LogP contribution is -2.28. The van der Waals surface area contributed by atoms with Crippen molar-refractivity contribution in [1.29, 1.82) is 0 Å². The molecule has 2 heterocycles. The summed E-state index contributed by atoms with van der Waals surface area (Å²) in [5, 5.41) is 11.7. The fourth-order valence-electron chi connectivity index (χ4n) is 3.22. The van der Waals surface area contributed by atoms with Crippen molar-refractivity contribution in [1.82, 2.24) is 4.98 Å². The summed E-state index contributed by atoms with van der Waals surface area (Å²) in [4.78, 5) is 38.0. The smallest absolute Gasteiger partial charge is 0.312 e. The number of rotatable bonds is 2. The number of carbonyl (C=O) groups is 1. The van der Waals surface area contributed by atoms with E-state index in [4.69, 9.17) is 4.74 Å². The number of nitro groups is 1. The Balaban J connectivity index is 1.98. The van der Waals surface area contributed by atoms with E-state index in [0.29, 0.717) is 22.0 Å². The van der Waals surface area contributed by atoms with Crippen LogP contribution in [0.4, 0.5) is 5.69 Å². The van der Waals surface area contributed by atoms with E-state index < -0.39 is 16.8 Å². The molecule has 1 unspecified atom stereocenters. The number of nitrogens with one attached hydrogen (secondary N) is 1. The third kappa shape index (κ3) is 2.46. The predicted molar refractivity (Wildman–Crippen MR) is 89.8 cm³/mol. The van der Waals surface area contributed by atoms with Crippen molar-refractivity contribution in [3.05, 3.63) is 80.1 Å². The first-order valence-electron chi connectivity index (χ1n) is 7.64. The fourth-order valence-corrected chi connectivity index (χ4v) is 3.22. The molecule has 0 fully saturated rings. The SMILES string of the molecule is O=C1CC(c2cccc([N+](=O)[O-])c2)c2c(c3ccccc3[nH]c2=O)O1. The number of hydrogen-bond donors (Lipinski definition) is 1. The summed E-state index contributed by atoms with van der Waals surface area (Å²) in [6, 6.07) is 13.0. The molecule has 4 rings (SSSR count). The molecule has 0 radical (unpaired) electrons. The molecule has 0 bridgehead atoms. The third-order valence-corrected chi connectivity index (χ3v) is 4.33. The number of fused-ring (bicyclic) bond motifs is 3. The van der Waals surface area contributed by atoms with Crippen LogP contribution in [-0.2, 0) is 4.79 Å². The summed E-state index contributed by atoms with van der Waals surface area (Å²) >= 11 is 0. The average molecular weight is 336 g/mol. The Labute approximate surface area is 141 Å². The van der Waals surface area contributed by atoms with Crippen LogP contribution in [0.2, 0.25) is 0 Å². The molecule has 7 heteroatoms. The standard InChI is InChI=1S/C18H12N2O5/c21-15-9-13(10-4-3-5-11(8-10)20(23)24)16-17(25-15)12-6-1-2-7-14(12)19-18(16)22/h1-8,13H,9H2,(H,19,22). The number of non-ortho nitro benzene ring substituents is 1. The second-order valence-electron chi connectivity index (χ2n) is 5.83. The van der Waals surface area contributed by atoms with Gasteiger partial charge in [0.1, 0.15) is 5.75 Å². The van der Waals surface area contributed by atoms with Gasteiger partial charge in [0.15, 0.2) is 0 Å². The number of pyridine rings is 1. The van der Waals surface area contributed by atoms with Crippen LogP contribution in [0.3, 0.4) is 0 Å². The molecule has 3 aromatic rings. The molecule has 0 amide bonds. The molecule has 0 spiro atoms. The minimum atomic E-state index is -0.593. The van der Waals surface area contributed by atoms with E-state index in [1.165, 1.54) is 12.1 Å². The zero-order chi connectivity index (χ0) is 17.6. The first-order valence-corrected chi connectivity index (χ1v) is 7.64. The Morgan fingerprint density at radius 2 is 1.92 bits per heavy atom. The van der Waals surface area contributed by atoms with Crippen LogP contribution >= 0.6 is 0 Å². The Hall–Kier alpha value is -3.48. The van der Waals surface area contributed by atoms with Gasteiger partial charge in [0.05, 0.1) is 22.4 Å². The molecule has 25 heavy (non-hydrogen) atoms. The number of esters is 1. The third-order valence-electron chi connectivity index (χ3n) is 4.33. The fraction of sp³-hybridized carbons (Fsp3) is 0.111. The number of H-pyrrole nitrogens is 1. The van der Waals surface area contributed by atoms with Crippen molar-refractivity contribution in [2.75, 3.05) is 0 Å².